The van der Waals surface area contributed by atoms with Crippen molar-refractivity contribution in [2.24, 2.45) is 0 Å². The number of carbonyl (C=O) groups excluding carboxylic acids is 2. The number of benzene rings is 1. The van der Waals surface area contributed by atoms with E-state index in [0.717, 1.165) is 0 Å². The summed E-state index contributed by atoms with van der Waals surface area (Å²) in [6, 6.07) is 6.05. The quantitative estimate of drug-likeness (QED) is 0.607. The first-order valence-corrected chi connectivity index (χ1v) is 3.98. The third-order valence-electron chi connectivity index (χ3n) is 1.78. The van der Waals surface area contributed by atoms with Crippen LogP contribution in [-0.4, -0.2) is 18.7 Å². The molecule has 2 aliphatic rings. The molecule has 2 bridgehead atoms. The Morgan fingerprint density at radius 3 is 2.21 bits per heavy atom. The van der Waals surface area contributed by atoms with Crippen LogP contribution in [0.15, 0.2) is 24.3 Å². The van der Waals surface area contributed by atoms with E-state index in [4.69, 9.17) is 4.74 Å². The summed E-state index contributed by atoms with van der Waals surface area (Å²) in [5, 5.41) is 0. The van der Waals surface area contributed by atoms with Crippen molar-refractivity contribution in [2.75, 3.05) is 6.73 Å². The van der Waals surface area contributed by atoms with E-state index in [1.54, 1.807) is 0 Å². The first kappa shape index (κ1) is 8.71. The predicted octanol–water partition coefficient (Wildman–Crippen LogP) is 0.476. The number of hydrogen-bond acceptors (Lipinski definition) is 5. The van der Waals surface area contributed by atoms with Gasteiger partial charge in [-0.1, -0.05) is 0 Å². The summed E-state index contributed by atoms with van der Waals surface area (Å²) in [5.41, 5.74) is 3.02. The first-order valence-electron chi connectivity index (χ1n) is 3.98. The van der Waals surface area contributed by atoms with E-state index in [1.165, 1.54) is 24.3 Å². The summed E-state index contributed by atoms with van der Waals surface area (Å²) in [7, 11) is 0. The summed E-state index contributed by atoms with van der Waals surface area (Å²) in [4.78, 5) is 27.0. The summed E-state index contributed by atoms with van der Waals surface area (Å²) in [5.74, 6) is -0.962. The molecule has 2 aliphatic heterocycles. The highest BCUT2D eigenvalue weighted by atomic mass is 16.7. The number of hydroxylamine groups is 1. The zero-order chi connectivity index (χ0) is 9.97. The van der Waals surface area contributed by atoms with E-state index >= 15 is 0 Å². The molecule has 0 unspecified atom stereocenters. The average molecular weight is 193 g/mol. The summed E-state index contributed by atoms with van der Waals surface area (Å²) in [6.07, 6.45) is 0. The first-order chi connectivity index (χ1) is 6.77. The Hall–Kier alpha value is -1.88. The van der Waals surface area contributed by atoms with Crippen molar-refractivity contribution in [3.8, 4) is 0 Å². The Morgan fingerprint density at radius 1 is 1.00 bits per heavy atom. The van der Waals surface area contributed by atoms with Gasteiger partial charge in [0.2, 0.25) is 0 Å². The van der Waals surface area contributed by atoms with Crippen LogP contribution >= 0.6 is 0 Å². The van der Waals surface area contributed by atoms with Crippen molar-refractivity contribution >= 4 is 11.9 Å². The summed E-state index contributed by atoms with van der Waals surface area (Å²) >= 11 is 0. The fourth-order valence-electron chi connectivity index (χ4n) is 1.07. The lowest BCUT2D eigenvalue weighted by Gasteiger charge is -2.10. The van der Waals surface area contributed by atoms with Crippen LogP contribution < -0.4 is 5.48 Å². The lowest BCUT2D eigenvalue weighted by molar-refractivity contribution is -0.00968. The topological polar surface area (TPSA) is 64.6 Å². The number of rotatable bonds is 0. The van der Waals surface area contributed by atoms with E-state index in [1.807, 2.05) is 0 Å². The van der Waals surface area contributed by atoms with Gasteiger partial charge >= 0.3 is 11.9 Å². The molecule has 5 nitrogen and oxygen atoms in total. The van der Waals surface area contributed by atoms with Crippen molar-refractivity contribution < 1.29 is 19.2 Å². The van der Waals surface area contributed by atoms with Gasteiger partial charge in [-0.05, 0) is 24.3 Å². The maximum Gasteiger partial charge on any atom is 0.356 e. The normalized spacial score (nSPS) is 16.0. The van der Waals surface area contributed by atoms with E-state index in [2.05, 4.69) is 10.3 Å². The molecule has 0 spiro atoms. The molecular formula is C9H7NO4. The number of ether oxygens (including phenoxy) is 1. The molecule has 0 saturated heterocycles. The van der Waals surface area contributed by atoms with Gasteiger partial charge in [-0.3, -0.25) is 0 Å². The van der Waals surface area contributed by atoms with Gasteiger partial charge in [-0.15, -0.1) is 5.48 Å². The maximum atomic E-state index is 11.2. The van der Waals surface area contributed by atoms with Gasteiger partial charge in [0.1, 0.15) is 0 Å². The van der Waals surface area contributed by atoms with Crippen LogP contribution in [0.3, 0.4) is 0 Å². The molecule has 1 aromatic carbocycles. The molecule has 72 valence electrons. The molecular weight excluding hydrogens is 186 g/mol. The Balaban J connectivity index is 2.39. The smallest absolute Gasteiger partial charge is 0.356 e. The highest BCUT2D eigenvalue weighted by molar-refractivity contribution is 5.93. The Morgan fingerprint density at radius 2 is 1.57 bits per heavy atom. The van der Waals surface area contributed by atoms with E-state index in [-0.39, 0.29) is 6.73 Å². The van der Waals surface area contributed by atoms with E-state index in [0.29, 0.717) is 11.1 Å². The third kappa shape index (κ3) is 1.57. The molecule has 3 rings (SSSR count). The third-order valence-corrected chi connectivity index (χ3v) is 1.78. The van der Waals surface area contributed by atoms with Crippen LogP contribution in [0.2, 0.25) is 0 Å². The highest BCUT2D eigenvalue weighted by Crippen LogP contribution is 2.08. The molecule has 14 heavy (non-hydrogen) atoms. The monoisotopic (exact) mass is 193 g/mol. The summed E-state index contributed by atoms with van der Waals surface area (Å²) in [6.45, 7) is -0.150. The van der Waals surface area contributed by atoms with Crippen LogP contribution in [-0.2, 0) is 9.57 Å². The van der Waals surface area contributed by atoms with Crippen LogP contribution in [0.25, 0.3) is 0 Å². The van der Waals surface area contributed by atoms with Crippen LogP contribution in [0, 0.1) is 0 Å². The maximum absolute atomic E-state index is 11.2. The van der Waals surface area contributed by atoms with Crippen molar-refractivity contribution in [1.29, 1.82) is 0 Å². The Labute approximate surface area is 79.6 Å². The van der Waals surface area contributed by atoms with Gasteiger partial charge in [-0.2, -0.15) is 0 Å². The Kier molecular flexibility index (Phi) is 2.16. The van der Waals surface area contributed by atoms with Crippen LogP contribution in [0.4, 0.5) is 0 Å². The van der Waals surface area contributed by atoms with Gasteiger partial charge in [0.25, 0.3) is 0 Å². The molecule has 0 fully saturated rings. The highest BCUT2D eigenvalue weighted by Gasteiger charge is 2.13. The Bertz CT molecular complexity index is 334. The zero-order valence-electron chi connectivity index (χ0n) is 7.15. The molecule has 2 heterocycles. The lowest BCUT2D eigenvalue weighted by atomic mass is 10.1. The molecule has 0 aromatic heterocycles. The number of fused-ring (bicyclic) bond motifs is 7. The molecule has 0 aliphatic carbocycles. The van der Waals surface area contributed by atoms with Crippen molar-refractivity contribution in [2.45, 2.75) is 0 Å². The van der Waals surface area contributed by atoms with Crippen molar-refractivity contribution in [1.82, 2.24) is 5.48 Å². The van der Waals surface area contributed by atoms with Crippen molar-refractivity contribution in [3.63, 3.8) is 0 Å². The van der Waals surface area contributed by atoms with Gasteiger partial charge < -0.3 is 9.57 Å². The fraction of sp³-hybridized carbons (Fsp3) is 0.111. The molecule has 0 amide bonds. The van der Waals surface area contributed by atoms with E-state index in [9.17, 15) is 9.59 Å². The van der Waals surface area contributed by atoms with Crippen LogP contribution in [0.1, 0.15) is 20.7 Å². The van der Waals surface area contributed by atoms with Crippen molar-refractivity contribution in [3.05, 3.63) is 35.4 Å². The zero-order valence-corrected chi connectivity index (χ0v) is 7.15. The van der Waals surface area contributed by atoms with Crippen LogP contribution in [0.5, 0.6) is 0 Å². The van der Waals surface area contributed by atoms with Gasteiger partial charge in [0.05, 0.1) is 11.1 Å². The second kappa shape index (κ2) is 3.47. The number of hydrogen-bond donors (Lipinski definition) is 1. The minimum Gasteiger partial charge on any atom is -0.443 e. The molecule has 1 N–H and O–H groups in total. The lowest BCUT2D eigenvalue weighted by Crippen LogP contribution is -2.26. The van der Waals surface area contributed by atoms with Gasteiger partial charge in [0, 0.05) is 0 Å². The number of carbonyl (C=O) groups is 2. The standard InChI is InChI=1S/C9H7NO4/c11-8-6-1-3-7(4-2-6)9(12)14-10-5-13-8/h1-4,10H,5H2. The second-order valence-corrected chi connectivity index (χ2v) is 2.69. The molecule has 1 aromatic rings. The molecule has 0 atom stereocenters. The second-order valence-electron chi connectivity index (χ2n) is 2.69. The average Bonchev–Trinajstić information content (AvgIpc) is 2.23. The predicted molar refractivity (Wildman–Crippen MR) is 45.3 cm³/mol. The number of esters is 1. The largest absolute Gasteiger partial charge is 0.443 e. The number of nitrogens with one attached hydrogen (secondary N) is 1. The molecule has 0 saturated carbocycles. The SMILES string of the molecule is O=C1OCNOC(=O)c2ccc1cc2. The minimum absolute atomic E-state index is 0.150. The van der Waals surface area contributed by atoms with Gasteiger partial charge in [0.15, 0.2) is 6.73 Å². The molecule has 5 heteroatoms. The van der Waals surface area contributed by atoms with E-state index < -0.39 is 11.9 Å². The molecule has 0 radical (unpaired) electrons. The summed E-state index contributed by atoms with van der Waals surface area (Å²) < 4.78 is 4.72. The minimum atomic E-state index is -0.505. The fourth-order valence-corrected chi connectivity index (χ4v) is 1.07. The van der Waals surface area contributed by atoms with Gasteiger partial charge in [-0.25, -0.2) is 9.59 Å².